The highest BCUT2D eigenvalue weighted by molar-refractivity contribution is 6.09. The van der Waals surface area contributed by atoms with Gasteiger partial charge in [0.1, 0.15) is 0 Å². The number of ketones is 1. The Morgan fingerprint density at radius 1 is 1.00 bits per heavy atom. The van der Waals surface area contributed by atoms with Crippen molar-refractivity contribution in [2.24, 2.45) is 0 Å². The largest absolute Gasteiger partial charge is 0.465 e. The van der Waals surface area contributed by atoms with Gasteiger partial charge in [0, 0.05) is 17.5 Å². The van der Waals surface area contributed by atoms with Gasteiger partial charge in [-0.25, -0.2) is 9.59 Å². The lowest BCUT2D eigenvalue weighted by molar-refractivity contribution is -0.152. The first-order chi connectivity index (χ1) is 12.5. The summed E-state index contributed by atoms with van der Waals surface area (Å²) in [5.41, 5.74) is 1.84. The first-order valence-corrected chi connectivity index (χ1v) is 8.13. The highest BCUT2D eigenvalue weighted by atomic mass is 16.5. The summed E-state index contributed by atoms with van der Waals surface area (Å²) in [7, 11) is 1.29. The van der Waals surface area contributed by atoms with Crippen LogP contribution < -0.4 is 0 Å². The normalized spacial score (nSPS) is 11.5. The van der Waals surface area contributed by atoms with E-state index in [2.05, 4.69) is 4.74 Å². The topological polar surface area (TPSA) is 89.9 Å². The maximum atomic E-state index is 12.6. The molecular weight excluding hydrogens is 336 g/mol. The third-order valence-corrected chi connectivity index (χ3v) is 3.75. The van der Waals surface area contributed by atoms with Gasteiger partial charge < -0.3 is 14.6 Å². The number of hydrogen-bond donors (Lipinski definition) is 1. The fourth-order valence-corrected chi connectivity index (χ4v) is 2.43. The minimum atomic E-state index is -1.28. The molecule has 6 heteroatoms. The van der Waals surface area contributed by atoms with Crippen LogP contribution in [0, 0.1) is 0 Å². The van der Waals surface area contributed by atoms with E-state index >= 15 is 0 Å². The van der Waals surface area contributed by atoms with E-state index in [0.29, 0.717) is 22.3 Å². The van der Waals surface area contributed by atoms with Crippen LogP contribution in [0.1, 0.15) is 38.8 Å². The van der Waals surface area contributed by atoms with Crippen molar-refractivity contribution in [3.8, 4) is 0 Å². The summed E-state index contributed by atoms with van der Waals surface area (Å²) in [4.78, 5) is 35.6. The molecule has 1 unspecified atom stereocenters. The Kier molecular flexibility index (Phi) is 6.63. The molecule has 0 fully saturated rings. The number of methoxy groups -OCH3 is 1. The standard InChI is InChI=1S/C20H20O6/c1-3-26-20(24)17(21)12-13-5-4-6-16(11-13)18(22)14-7-9-15(10-8-14)19(23)25-2/h4-11,17,21H,3,12H2,1-2H3. The highest BCUT2D eigenvalue weighted by Crippen LogP contribution is 2.15. The summed E-state index contributed by atoms with van der Waals surface area (Å²) >= 11 is 0. The van der Waals surface area contributed by atoms with Gasteiger partial charge in [-0.2, -0.15) is 0 Å². The van der Waals surface area contributed by atoms with Crippen LogP contribution in [0.4, 0.5) is 0 Å². The molecule has 2 aromatic carbocycles. The van der Waals surface area contributed by atoms with Gasteiger partial charge in [-0.15, -0.1) is 0 Å². The summed E-state index contributed by atoms with van der Waals surface area (Å²) in [6.45, 7) is 1.85. The average molecular weight is 356 g/mol. The number of aliphatic hydroxyl groups excluding tert-OH is 1. The Morgan fingerprint density at radius 3 is 2.27 bits per heavy atom. The molecule has 0 heterocycles. The molecule has 0 aliphatic carbocycles. The van der Waals surface area contributed by atoms with Crippen LogP contribution in [0.2, 0.25) is 0 Å². The summed E-state index contributed by atoms with van der Waals surface area (Å²) in [5.74, 6) is -1.39. The average Bonchev–Trinajstić information content (AvgIpc) is 2.67. The van der Waals surface area contributed by atoms with E-state index in [1.54, 1.807) is 43.3 Å². The molecule has 0 saturated heterocycles. The lowest BCUT2D eigenvalue weighted by Gasteiger charge is -2.10. The van der Waals surface area contributed by atoms with E-state index in [0.717, 1.165) is 0 Å². The molecule has 26 heavy (non-hydrogen) atoms. The minimum Gasteiger partial charge on any atom is -0.465 e. The molecular formula is C20H20O6. The second-order valence-electron chi connectivity index (χ2n) is 5.57. The van der Waals surface area contributed by atoms with E-state index < -0.39 is 18.0 Å². The van der Waals surface area contributed by atoms with Gasteiger partial charge >= 0.3 is 11.9 Å². The van der Waals surface area contributed by atoms with E-state index in [-0.39, 0.29) is 18.8 Å². The van der Waals surface area contributed by atoms with Crippen molar-refractivity contribution in [2.45, 2.75) is 19.4 Å². The molecule has 0 radical (unpaired) electrons. The molecule has 0 spiro atoms. The lowest BCUT2D eigenvalue weighted by Crippen LogP contribution is -2.25. The van der Waals surface area contributed by atoms with Crippen molar-refractivity contribution in [1.82, 2.24) is 0 Å². The van der Waals surface area contributed by atoms with E-state index in [9.17, 15) is 19.5 Å². The molecule has 0 aliphatic heterocycles. The monoisotopic (exact) mass is 356 g/mol. The Labute approximate surface area is 151 Å². The minimum absolute atomic E-state index is 0.0568. The van der Waals surface area contributed by atoms with Crippen LogP contribution in [0.5, 0.6) is 0 Å². The zero-order valence-corrected chi connectivity index (χ0v) is 14.6. The highest BCUT2D eigenvalue weighted by Gasteiger charge is 2.18. The van der Waals surface area contributed by atoms with Gasteiger partial charge in [0.05, 0.1) is 19.3 Å². The molecule has 0 amide bonds. The van der Waals surface area contributed by atoms with Crippen LogP contribution in [-0.4, -0.2) is 42.6 Å². The van der Waals surface area contributed by atoms with Gasteiger partial charge in [-0.3, -0.25) is 4.79 Å². The fraction of sp³-hybridized carbons (Fsp3) is 0.250. The van der Waals surface area contributed by atoms with Crippen LogP contribution >= 0.6 is 0 Å². The zero-order valence-electron chi connectivity index (χ0n) is 14.6. The SMILES string of the molecule is CCOC(=O)C(O)Cc1cccc(C(=O)c2ccc(C(=O)OC)cc2)c1. The third kappa shape index (κ3) is 4.77. The molecule has 2 aromatic rings. The second kappa shape index (κ2) is 8.92. The molecule has 0 bridgehead atoms. The number of benzene rings is 2. The first-order valence-electron chi connectivity index (χ1n) is 8.13. The van der Waals surface area contributed by atoms with Crippen LogP contribution in [0.3, 0.4) is 0 Å². The molecule has 1 N–H and O–H groups in total. The number of hydrogen-bond acceptors (Lipinski definition) is 6. The number of rotatable bonds is 7. The van der Waals surface area contributed by atoms with Crippen molar-refractivity contribution < 1.29 is 29.0 Å². The Balaban J connectivity index is 2.15. The van der Waals surface area contributed by atoms with E-state index in [4.69, 9.17) is 4.74 Å². The maximum absolute atomic E-state index is 12.6. The smallest absolute Gasteiger partial charge is 0.337 e. The molecule has 1 atom stereocenters. The number of carbonyl (C=O) groups is 3. The van der Waals surface area contributed by atoms with Gasteiger partial charge in [-0.05, 0) is 30.7 Å². The van der Waals surface area contributed by atoms with Crippen molar-refractivity contribution in [1.29, 1.82) is 0 Å². The molecule has 136 valence electrons. The van der Waals surface area contributed by atoms with Gasteiger partial charge in [-0.1, -0.05) is 30.3 Å². The predicted octanol–water partition coefficient (Wildman–Crippen LogP) is 2.17. The molecule has 2 rings (SSSR count). The van der Waals surface area contributed by atoms with Crippen molar-refractivity contribution in [3.05, 3.63) is 70.8 Å². The summed E-state index contributed by atoms with van der Waals surface area (Å²) < 4.78 is 9.39. The molecule has 0 aromatic heterocycles. The van der Waals surface area contributed by atoms with Crippen LogP contribution in [0.15, 0.2) is 48.5 Å². The van der Waals surface area contributed by atoms with E-state index in [1.807, 2.05) is 0 Å². The molecule has 6 nitrogen and oxygen atoms in total. The molecule has 0 aliphatic rings. The zero-order chi connectivity index (χ0) is 19.1. The van der Waals surface area contributed by atoms with E-state index in [1.165, 1.54) is 19.2 Å². The first kappa shape index (κ1) is 19.3. The number of aliphatic hydroxyl groups is 1. The van der Waals surface area contributed by atoms with Crippen molar-refractivity contribution in [3.63, 3.8) is 0 Å². The third-order valence-electron chi connectivity index (χ3n) is 3.75. The van der Waals surface area contributed by atoms with Gasteiger partial charge in [0.15, 0.2) is 11.9 Å². The molecule has 0 saturated carbocycles. The lowest BCUT2D eigenvalue weighted by atomic mass is 9.98. The van der Waals surface area contributed by atoms with Gasteiger partial charge in [0.25, 0.3) is 0 Å². The predicted molar refractivity (Wildman–Crippen MR) is 94.0 cm³/mol. The number of esters is 2. The fourth-order valence-electron chi connectivity index (χ4n) is 2.43. The summed E-state index contributed by atoms with van der Waals surface area (Å²) in [6, 6.07) is 12.8. The van der Waals surface area contributed by atoms with Gasteiger partial charge in [0.2, 0.25) is 0 Å². The summed E-state index contributed by atoms with van der Waals surface area (Å²) in [6.07, 6.45) is -1.22. The number of ether oxygens (including phenoxy) is 2. The van der Waals surface area contributed by atoms with Crippen molar-refractivity contribution >= 4 is 17.7 Å². The van der Waals surface area contributed by atoms with Crippen molar-refractivity contribution in [2.75, 3.05) is 13.7 Å². The Hall–Kier alpha value is -2.99. The maximum Gasteiger partial charge on any atom is 0.337 e. The van der Waals surface area contributed by atoms with Crippen LogP contribution in [-0.2, 0) is 20.7 Å². The quantitative estimate of drug-likeness (QED) is 0.604. The Morgan fingerprint density at radius 2 is 1.65 bits per heavy atom. The second-order valence-corrected chi connectivity index (χ2v) is 5.57. The number of carbonyl (C=O) groups excluding carboxylic acids is 3. The summed E-state index contributed by atoms with van der Waals surface area (Å²) in [5, 5.41) is 9.85. The van der Waals surface area contributed by atoms with Crippen LogP contribution in [0.25, 0.3) is 0 Å². The Bertz CT molecular complexity index is 794.